The molecule has 0 spiro atoms. The highest BCUT2D eigenvalue weighted by Crippen LogP contribution is 2.36. The molecule has 1 atom stereocenters. The van der Waals surface area contributed by atoms with Gasteiger partial charge in [0.05, 0.1) is 23.7 Å². The van der Waals surface area contributed by atoms with Crippen LogP contribution >= 0.6 is 0 Å². The molecule has 0 aliphatic carbocycles. The largest absolute Gasteiger partial charge is 0.479 e. The molecule has 116 valence electrons. The van der Waals surface area contributed by atoms with Gasteiger partial charge in [0.15, 0.2) is 5.54 Å². The summed E-state index contributed by atoms with van der Waals surface area (Å²) in [6.45, 7) is 0.973. The molecule has 2 N–H and O–H groups in total. The molecule has 0 bridgehead atoms. The molecule has 1 fully saturated rings. The Labute approximate surface area is 122 Å². The number of halogens is 3. The predicted octanol–water partition coefficient (Wildman–Crippen LogP) is 1.95. The molecule has 1 aliphatic rings. The third-order valence-corrected chi connectivity index (χ3v) is 3.43. The van der Waals surface area contributed by atoms with E-state index in [0.29, 0.717) is 6.07 Å². The van der Waals surface area contributed by atoms with E-state index < -0.39 is 34.8 Å². The third-order valence-electron chi connectivity index (χ3n) is 3.43. The fraction of sp³-hybridized carbons (Fsp3) is 0.308. The first kappa shape index (κ1) is 15.6. The highest BCUT2D eigenvalue weighted by molar-refractivity contribution is 6.04. The van der Waals surface area contributed by atoms with E-state index in [1.807, 2.05) is 0 Å². The van der Waals surface area contributed by atoms with E-state index in [-0.39, 0.29) is 12.2 Å². The molecule has 2 amide bonds. The molecule has 1 aromatic rings. The Balaban J connectivity index is 2.60. The van der Waals surface area contributed by atoms with Gasteiger partial charge in [0.2, 0.25) is 0 Å². The van der Waals surface area contributed by atoms with E-state index >= 15 is 0 Å². The van der Waals surface area contributed by atoms with Crippen molar-refractivity contribution in [3.8, 4) is 6.07 Å². The minimum atomic E-state index is -4.79. The Morgan fingerprint density at radius 1 is 1.50 bits per heavy atom. The number of benzene rings is 1. The summed E-state index contributed by atoms with van der Waals surface area (Å²) in [5, 5.41) is 20.3. The van der Waals surface area contributed by atoms with Gasteiger partial charge in [-0.3, -0.25) is 4.90 Å². The number of carboxylic acid groups (broad SMARTS) is 1. The average molecular weight is 313 g/mol. The second-order valence-electron chi connectivity index (χ2n) is 4.91. The molecule has 0 unspecified atom stereocenters. The van der Waals surface area contributed by atoms with E-state index in [4.69, 9.17) is 5.26 Å². The predicted molar refractivity (Wildman–Crippen MR) is 68.1 cm³/mol. The van der Waals surface area contributed by atoms with Crippen LogP contribution in [0.1, 0.15) is 18.1 Å². The molecule has 2 rings (SSSR count). The maximum absolute atomic E-state index is 13.0. The molecule has 0 radical (unpaired) electrons. The number of carboxylic acids is 1. The first-order chi connectivity index (χ1) is 10.1. The van der Waals surface area contributed by atoms with Gasteiger partial charge in [0.25, 0.3) is 0 Å². The topological polar surface area (TPSA) is 93.4 Å². The summed E-state index contributed by atoms with van der Waals surface area (Å²) in [6, 6.07) is 3.22. The molecular weight excluding hydrogens is 303 g/mol. The van der Waals surface area contributed by atoms with Gasteiger partial charge >= 0.3 is 18.2 Å². The standard InChI is InChI=1S/C13H10F3N3O3/c1-12(10(20)21)6-18-11(22)19(12)8-3-2-7(5-17)9(4-8)13(14,15)16/h2-4H,6H2,1H3,(H,18,22)(H,20,21)/t12-/m1/s1. The van der Waals surface area contributed by atoms with E-state index in [0.717, 1.165) is 17.0 Å². The van der Waals surface area contributed by atoms with Gasteiger partial charge in [0, 0.05) is 5.69 Å². The maximum atomic E-state index is 13.0. The lowest BCUT2D eigenvalue weighted by atomic mass is 10.00. The van der Waals surface area contributed by atoms with E-state index in [1.165, 1.54) is 13.0 Å². The Bertz CT molecular complexity index is 696. The van der Waals surface area contributed by atoms with Gasteiger partial charge in [-0.1, -0.05) is 0 Å². The van der Waals surface area contributed by atoms with Crippen molar-refractivity contribution in [2.45, 2.75) is 18.6 Å². The fourth-order valence-electron chi connectivity index (χ4n) is 2.21. The van der Waals surface area contributed by atoms with E-state index in [2.05, 4.69) is 5.32 Å². The molecule has 1 saturated heterocycles. The van der Waals surface area contributed by atoms with Crippen molar-refractivity contribution >= 4 is 17.7 Å². The SMILES string of the molecule is C[C@]1(C(=O)O)CNC(=O)N1c1ccc(C#N)c(C(F)(F)F)c1. The van der Waals surface area contributed by atoms with Crippen LogP contribution in [0.15, 0.2) is 18.2 Å². The van der Waals surface area contributed by atoms with Crippen molar-refractivity contribution < 1.29 is 27.9 Å². The molecule has 9 heteroatoms. The van der Waals surface area contributed by atoms with Crippen LogP contribution in [0.5, 0.6) is 0 Å². The number of nitriles is 1. The minimum Gasteiger partial charge on any atom is -0.479 e. The second-order valence-corrected chi connectivity index (χ2v) is 4.91. The van der Waals surface area contributed by atoms with Gasteiger partial charge in [0.1, 0.15) is 0 Å². The number of amides is 2. The zero-order chi connectivity index (χ0) is 16.7. The van der Waals surface area contributed by atoms with Gasteiger partial charge in [-0.15, -0.1) is 0 Å². The highest BCUT2D eigenvalue weighted by atomic mass is 19.4. The maximum Gasteiger partial charge on any atom is 0.417 e. The lowest BCUT2D eigenvalue weighted by molar-refractivity contribution is -0.141. The molecule has 22 heavy (non-hydrogen) atoms. The normalized spacial score (nSPS) is 21.4. The lowest BCUT2D eigenvalue weighted by Crippen LogP contribution is -2.51. The number of urea groups is 1. The monoisotopic (exact) mass is 313 g/mol. The molecule has 1 heterocycles. The van der Waals surface area contributed by atoms with Crippen LogP contribution in [0.2, 0.25) is 0 Å². The van der Waals surface area contributed by atoms with Crippen molar-refractivity contribution in [3.63, 3.8) is 0 Å². The van der Waals surface area contributed by atoms with Crippen LogP contribution in [0.3, 0.4) is 0 Å². The summed E-state index contributed by atoms with van der Waals surface area (Å²) >= 11 is 0. The molecule has 6 nitrogen and oxygen atoms in total. The average Bonchev–Trinajstić information content (AvgIpc) is 2.74. The van der Waals surface area contributed by atoms with Crippen LogP contribution in [0.25, 0.3) is 0 Å². The van der Waals surface area contributed by atoms with Gasteiger partial charge in [-0.25, -0.2) is 9.59 Å². The van der Waals surface area contributed by atoms with E-state index in [1.54, 1.807) is 0 Å². The second kappa shape index (κ2) is 4.91. The van der Waals surface area contributed by atoms with Crippen LogP contribution in [-0.2, 0) is 11.0 Å². The Kier molecular flexibility index (Phi) is 3.48. The Morgan fingerprint density at radius 3 is 2.64 bits per heavy atom. The summed E-state index contributed by atoms with van der Waals surface area (Å²) in [5.74, 6) is -1.36. The van der Waals surface area contributed by atoms with Crippen molar-refractivity contribution in [3.05, 3.63) is 29.3 Å². The van der Waals surface area contributed by atoms with Crippen molar-refractivity contribution in [1.29, 1.82) is 5.26 Å². The number of hydrogen-bond acceptors (Lipinski definition) is 3. The smallest absolute Gasteiger partial charge is 0.417 e. The zero-order valence-electron chi connectivity index (χ0n) is 11.2. The Morgan fingerprint density at radius 2 is 2.14 bits per heavy atom. The summed E-state index contributed by atoms with van der Waals surface area (Å²) in [6.07, 6.45) is -4.79. The number of rotatable bonds is 2. The van der Waals surface area contributed by atoms with Gasteiger partial charge in [-0.2, -0.15) is 18.4 Å². The Hall–Kier alpha value is -2.76. The number of alkyl halides is 3. The number of hydrogen-bond donors (Lipinski definition) is 2. The summed E-state index contributed by atoms with van der Waals surface area (Å²) in [5.41, 5.74) is -3.78. The van der Waals surface area contributed by atoms with Crippen LogP contribution in [-0.4, -0.2) is 29.2 Å². The number of aliphatic carboxylic acids is 1. The molecular formula is C13H10F3N3O3. The van der Waals surface area contributed by atoms with Crippen LogP contribution < -0.4 is 10.2 Å². The molecule has 0 aromatic heterocycles. The van der Waals surface area contributed by atoms with Crippen LogP contribution in [0, 0.1) is 11.3 Å². The highest BCUT2D eigenvalue weighted by Gasteiger charge is 2.49. The number of nitrogens with one attached hydrogen (secondary N) is 1. The quantitative estimate of drug-likeness (QED) is 0.872. The van der Waals surface area contributed by atoms with Crippen molar-refractivity contribution in [2.24, 2.45) is 0 Å². The fourth-order valence-corrected chi connectivity index (χ4v) is 2.21. The first-order valence-electron chi connectivity index (χ1n) is 6.04. The zero-order valence-corrected chi connectivity index (χ0v) is 11.2. The number of anilines is 1. The van der Waals surface area contributed by atoms with Crippen molar-refractivity contribution in [2.75, 3.05) is 11.4 Å². The molecule has 1 aromatic carbocycles. The first-order valence-corrected chi connectivity index (χ1v) is 6.04. The van der Waals surface area contributed by atoms with E-state index in [9.17, 15) is 27.9 Å². The van der Waals surface area contributed by atoms with Crippen molar-refractivity contribution in [1.82, 2.24) is 5.32 Å². The molecule has 0 saturated carbocycles. The molecule has 1 aliphatic heterocycles. The summed E-state index contributed by atoms with van der Waals surface area (Å²) in [7, 11) is 0. The van der Waals surface area contributed by atoms with Gasteiger partial charge < -0.3 is 10.4 Å². The summed E-state index contributed by atoms with van der Waals surface area (Å²) < 4.78 is 38.9. The van der Waals surface area contributed by atoms with Gasteiger partial charge in [-0.05, 0) is 25.1 Å². The lowest BCUT2D eigenvalue weighted by Gasteiger charge is -2.29. The number of nitrogens with zero attached hydrogens (tertiary/aromatic N) is 2. The third kappa shape index (κ3) is 2.32. The number of carbonyl (C=O) groups is 2. The van der Waals surface area contributed by atoms with Crippen LogP contribution in [0.4, 0.5) is 23.7 Å². The number of carbonyl (C=O) groups excluding carboxylic acids is 1. The summed E-state index contributed by atoms with van der Waals surface area (Å²) in [4.78, 5) is 23.9. The minimum absolute atomic E-state index is 0.244.